The van der Waals surface area contributed by atoms with Crippen molar-refractivity contribution in [2.24, 2.45) is 13.0 Å². The van der Waals surface area contributed by atoms with Gasteiger partial charge in [-0.25, -0.2) is 9.18 Å². The fourth-order valence-corrected chi connectivity index (χ4v) is 5.28. The highest BCUT2D eigenvalue weighted by atomic mass is 19.1. The van der Waals surface area contributed by atoms with Gasteiger partial charge in [0.1, 0.15) is 6.17 Å². The van der Waals surface area contributed by atoms with Crippen molar-refractivity contribution in [2.45, 2.75) is 56.7 Å². The highest BCUT2D eigenvalue weighted by molar-refractivity contribution is 6.11. The summed E-state index contributed by atoms with van der Waals surface area (Å²) in [5, 5.41) is 4.05. The minimum absolute atomic E-state index is 0.259. The van der Waals surface area contributed by atoms with Crippen molar-refractivity contribution < 1.29 is 18.7 Å². The van der Waals surface area contributed by atoms with Gasteiger partial charge in [0, 0.05) is 33.0 Å². The number of hydrogen-bond donors (Lipinski definition) is 1. The summed E-state index contributed by atoms with van der Waals surface area (Å²) in [7, 11) is 1.68. The van der Waals surface area contributed by atoms with E-state index in [4.69, 9.17) is 4.74 Å². The third-order valence-electron chi connectivity index (χ3n) is 7.10. The number of aryl methyl sites for hydroxylation is 1. The van der Waals surface area contributed by atoms with E-state index >= 15 is 0 Å². The number of hydrogen-bond acceptors (Lipinski definition) is 5. The first-order valence-corrected chi connectivity index (χ1v) is 11.5. The maximum Gasteiger partial charge on any atom is 0.348 e. The Morgan fingerprint density at radius 2 is 1.91 bits per heavy atom. The van der Waals surface area contributed by atoms with Crippen LogP contribution in [0, 0.1) is 5.92 Å². The van der Waals surface area contributed by atoms with Gasteiger partial charge < -0.3 is 10.1 Å². The van der Waals surface area contributed by atoms with E-state index in [0.717, 1.165) is 35.5 Å². The highest BCUT2D eigenvalue weighted by Crippen LogP contribution is 2.44. The molecule has 2 aromatic rings. The molecule has 1 aromatic carbocycles. The molecule has 0 unspecified atom stereocenters. The Balaban J connectivity index is 1.36. The van der Waals surface area contributed by atoms with E-state index in [1.54, 1.807) is 13.1 Å². The predicted molar refractivity (Wildman–Crippen MR) is 117 cm³/mol. The molecule has 3 aliphatic rings. The van der Waals surface area contributed by atoms with Crippen molar-refractivity contribution in [2.75, 3.05) is 24.7 Å². The zero-order valence-corrected chi connectivity index (χ0v) is 18.3. The number of aromatic nitrogens is 2. The van der Waals surface area contributed by atoms with E-state index in [0.29, 0.717) is 37.4 Å². The van der Waals surface area contributed by atoms with Crippen LogP contribution in [0.4, 0.5) is 4.39 Å². The average molecular weight is 445 g/mol. The smallest absolute Gasteiger partial charge is 0.348 e. The van der Waals surface area contributed by atoms with Crippen LogP contribution in [0.5, 0.6) is 0 Å². The lowest BCUT2D eigenvalue weighted by Crippen LogP contribution is -2.52. The normalized spacial score (nSPS) is 28.9. The minimum Gasteiger partial charge on any atom is -0.375 e. The lowest BCUT2D eigenvalue weighted by molar-refractivity contribution is -0.131. The Kier molecular flexibility index (Phi) is 5.63. The number of carbonyl (C=O) groups is 2. The maximum absolute atomic E-state index is 14.0. The van der Waals surface area contributed by atoms with Gasteiger partial charge in [-0.15, -0.1) is 0 Å². The number of fused-ring (bicyclic) bond motifs is 1. The molecule has 3 heterocycles. The largest absolute Gasteiger partial charge is 0.375 e. The number of imide groups is 1. The number of nitrogens with one attached hydrogen (secondary N) is 1. The van der Waals surface area contributed by atoms with Crippen LogP contribution in [-0.4, -0.2) is 53.0 Å². The minimum atomic E-state index is -0.956. The van der Waals surface area contributed by atoms with Gasteiger partial charge in [0.05, 0.1) is 17.1 Å². The van der Waals surface area contributed by atoms with E-state index in [1.165, 1.54) is 9.24 Å². The molecule has 1 saturated carbocycles. The SMILES string of the molecule is Cn1c(=O)n(N2C(=O)CCCC2=O)c2cccc(C3CC(CO[C@@H]4CCNC[C@@H]4F)C3)c21. The maximum atomic E-state index is 14.0. The Labute approximate surface area is 185 Å². The molecule has 2 amide bonds. The number of piperidine rings is 2. The molecule has 1 aromatic heterocycles. The summed E-state index contributed by atoms with van der Waals surface area (Å²) in [6, 6.07) is 5.67. The van der Waals surface area contributed by atoms with Crippen LogP contribution in [0.15, 0.2) is 23.0 Å². The molecule has 8 nitrogen and oxygen atoms in total. The Bertz CT molecular complexity index is 1090. The molecule has 2 atom stereocenters. The van der Waals surface area contributed by atoms with Gasteiger partial charge in [0.15, 0.2) is 0 Å². The monoisotopic (exact) mass is 444 g/mol. The van der Waals surface area contributed by atoms with Gasteiger partial charge in [0.25, 0.3) is 0 Å². The highest BCUT2D eigenvalue weighted by Gasteiger charge is 2.36. The summed E-state index contributed by atoms with van der Waals surface area (Å²) >= 11 is 0. The van der Waals surface area contributed by atoms with E-state index < -0.39 is 11.9 Å². The number of imidazole rings is 1. The number of alkyl halides is 1. The number of benzene rings is 1. The molecule has 5 rings (SSSR count). The summed E-state index contributed by atoms with van der Waals surface area (Å²) in [4.78, 5) is 38.0. The average Bonchev–Trinajstić information content (AvgIpc) is 2.99. The first kappa shape index (κ1) is 21.3. The summed E-state index contributed by atoms with van der Waals surface area (Å²) in [5.74, 6) is -0.0604. The van der Waals surface area contributed by atoms with E-state index in [9.17, 15) is 18.8 Å². The zero-order valence-electron chi connectivity index (χ0n) is 18.3. The molecule has 0 radical (unpaired) electrons. The third kappa shape index (κ3) is 3.57. The van der Waals surface area contributed by atoms with Crippen LogP contribution < -0.4 is 16.0 Å². The molecular formula is C23H29FN4O4. The molecule has 3 fully saturated rings. The molecule has 0 spiro atoms. The van der Waals surface area contributed by atoms with Crippen molar-refractivity contribution in [3.63, 3.8) is 0 Å². The van der Waals surface area contributed by atoms with Crippen LogP contribution in [0.1, 0.15) is 50.0 Å². The van der Waals surface area contributed by atoms with Crippen LogP contribution in [-0.2, 0) is 21.4 Å². The fourth-order valence-electron chi connectivity index (χ4n) is 5.28. The molecular weight excluding hydrogens is 415 g/mol. The molecule has 172 valence electrons. The Morgan fingerprint density at radius 3 is 2.62 bits per heavy atom. The first-order chi connectivity index (χ1) is 15.5. The fraction of sp³-hybridized carbons (Fsp3) is 0.609. The number of nitrogens with zero attached hydrogens (tertiary/aromatic N) is 3. The van der Waals surface area contributed by atoms with E-state index in [-0.39, 0.29) is 36.7 Å². The Hall–Kier alpha value is -2.52. The summed E-state index contributed by atoms with van der Waals surface area (Å²) in [6.07, 6.45) is 2.26. The lowest BCUT2D eigenvalue weighted by Gasteiger charge is -2.37. The first-order valence-electron chi connectivity index (χ1n) is 11.5. The Morgan fingerprint density at radius 1 is 1.16 bits per heavy atom. The van der Waals surface area contributed by atoms with Crippen molar-refractivity contribution in [1.82, 2.24) is 14.6 Å². The molecule has 1 aliphatic carbocycles. The summed E-state index contributed by atoms with van der Waals surface area (Å²) < 4.78 is 22.6. The molecule has 2 saturated heterocycles. The standard InChI is InChI=1S/C23H29FN4O4/c1-26-22-16(15-10-14(11-15)13-32-19-8-9-25-12-17(19)24)4-2-5-18(22)27(23(26)31)28-20(29)6-3-7-21(28)30/h2,4-5,14-15,17,19,25H,3,6-13H2,1H3/t14?,15?,17-,19+/m0/s1. The molecule has 0 bridgehead atoms. The number of ether oxygens (including phenoxy) is 1. The van der Waals surface area contributed by atoms with Crippen LogP contribution in [0.2, 0.25) is 0 Å². The second kappa shape index (κ2) is 8.44. The van der Waals surface area contributed by atoms with Crippen molar-refractivity contribution in [1.29, 1.82) is 0 Å². The van der Waals surface area contributed by atoms with Gasteiger partial charge >= 0.3 is 5.69 Å². The van der Waals surface area contributed by atoms with Crippen molar-refractivity contribution in [3.8, 4) is 0 Å². The van der Waals surface area contributed by atoms with Crippen molar-refractivity contribution in [3.05, 3.63) is 34.2 Å². The number of para-hydroxylation sites is 1. The zero-order chi connectivity index (χ0) is 22.4. The summed E-state index contributed by atoms with van der Waals surface area (Å²) in [6.45, 7) is 1.69. The van der Waals surface area contributed by atoms with Gasteiger partial charge in [-0.1, -0.05) is 12.1 Å². The van der Waals surface area contributed by atoms with Gasteiger partial charge in [0.2, 0.25) is 11.8 Å². The summed E-state index contributed by atoms with van der Waals surface area (Å²) in [5.41, 5.74) is 1.98. The van der Waals surface area contributed by atoms with Crippen molar-refractivity contribution >= 4 is 22.8 Å². The molecule has 32 heavy (non-hydrogen) atoms. The van der Waals surface area contributed by atoms with E-state index in [2.05, 4.69) is 5.32 Å². The topological polar surface area (TPSA) is 85.6 Å². The van der Waals surface area contributed by atoms with Crippen LogP contribution in [0.3, 0.4) is 0 Å². The number of amides is 2. The van der Waals surface area contributed by atoms with Crippen LogP contribution >= 0.6 is 0 Å². The second-order valence-electron chi connectivity index (χ2n) is 9.24. The third-order valence-corrected chi connectivity index (χ3v) is 7.10. The predicted octanol–water partition coefficient (Wildman–Crippen LogP) is 1.73. The van der Waals surface area contributed by atoms with Gasteiger partial charge in [-0.05, 0) is 55.7 Å². The van der Waals surface area contributed by atoms with E-state index in [1.807, 2.05) is 12.1 Å². The molecule has 1 N–H and O–H groups in total. The van der Waals surface area contributed by atoms with Crippen LogP contribution in [0.25, 0.3) is 11.0 Å². The molecule has 2 aliphatic heterocycles. The number of halogens is 1. The molecule has 9 heteroatoms. The lowest BCUT2D eigenvalue weighted by atomic mass is 9.71. The second-order valence-corrected chi connectivity index (χ2v) is 9.24. The van der Waals surface area contributed by atoms with Gasteiger partial charge in [-0.2, -0.15) is 9.69 Å². The quantitative estimate of drug-likeness (QED) is 0.710. The number of carbonyl (C=O) groups excluding carboxylic acids is 2. The number of rotatable bonds is 5. The van der Waals surface area contributed by atoms with Gasteiger partial charge in [-0.3, -0.25) is 14.2 Å².